The third kappa shape index (κ3) is 4.33. The molecule has 1 heterocycles. The third-order valence-electron chi connectivity index (χ3n) is 3.03. The topological polar surface area (TPSA) is 51.0 Å². The average molecular weight is 280 g/mol. The van der Waals surface area contributed by atoms with Gasteiger partial charge in [0, 0.05) is 23.9 Å². The summed E-state index contributed by atoms with van der Waals surface area (Å²) in [6.45, 7) is 2.09. The Kier molecular flexibility index (Phi) is 4.93. The van der Waals surface area contributed by atoms with Crippen LogP contribution in [-0.2, 0) is 19.3 Å². The largest absolute Gasteiger partial charge is 0.339 e. The molecule has 5 heteroatoms. The van der Waals surface area contributed by atoms with E-state index >= 15 is 0 Å². The lowest BCUT2D eigenvalue weighted by atomic mass is 10.1. The summed E-state index contributed by atoms with van der Waals surface area (Å²) in [6, 6.07) is 8.17. The van der Waals surface area contributed by atoms with Crippen LogP contribution < -0.4 is 5.32 Å². The van der Waals surface area contributed by atoms with Gasteiger partial charge in [-0.15, -0.1) is 0 Å². The molecule has 0 aliphatic heterocycles. The van der Waals surface area contributed by atoms with Crippen LogP contribution in [0.2, 0.25) is 5.02 Å². The Morgan fingerprint density at radius 2 is 2.00 bits per heavy atom. The van der Waals surface area contributed by atoms with Crippen LogP contribution in [0.25, 0.3) is 0 Å². The molecule has 0 aliphatic rings. The number of rotatable bonds is 6. The molecule has 1 unspecified atom stereocenters. The van der Waals surface area contributed by atoms with Gasteiger partial charge in [0.25, 0.3) is 0 Å². The summed E-state index contributed by atoms with van der Waals surface area (Å²) in [4.78, 5) is 4.39. The van der Waals surface area contributed by atoms with Crippen LogP contribution in [0.4, 0.5) is 0 Å². The van der Waals surface area contributed by atoms with Crippen molar-refractivity contribution in [3.63, 3.8) is 0 Å². The third-order valence-corrected chi connectivity index (χ3v) is 3.28. The minimum Gasteiger partial charge on any atom is -0.339 e. The summed E-state index contributed by atoms with van der Waals surface area (Å²) in [5.41, 5.74) is 1.22. The van der Waals surface area contributed by atoms with Crippen molar-refractivity contribution < 1.29 is 4.52 Å². The molecule has 1 N–H and O–H groups in total. The van der Waals surface area contributed by atoms with Gasteiger partial charge in [-0.3, -0.25) is 0 Å². The molecule has 102 valence electrons. The van der Waals surface area contributed by atoms with Crippen LogP contribution in [-0.4, -0.2) is 23.2 Å². The van der Waals surface area contributed by atoms with Gasteiger partial charge in [-0.05, 0) is 38.1 Å². The fourth-order valence-corrected chi connectivity index (χ4v) is 1.88. The molecule has 0 radical (unpaired) electrons. The summed E-state index contributed by atoms with van der Waals surface area (Å²) in [5.74, 6) is 1.45. The zero-order valence-corrected chi connectivity index (χ0v) is 11.9. The first-order chi connectivity index (χ1) is 9.17. The van der Waals surface area contributed by atoms with Crippen molar-refractivity contribution in [3.05, 3.63) is 46.6 Å². The zero-order valence-electron chi connectivity index (χ0n) is 11.2. The first kappa shape index (κ1) is 14.0. The predicted octanol–water partition coefficient (Wildman–Crippen LogP) is 2.66. The smallest absolute Gasteiger partial charge is 0.226 e. The van der Waals surface area contributed by atoms with Crippen molar-refractivity contribution in [3.8, 4) is 0 Å². The molecule has 0 amide bonds. The van der Waals surface area contributed by atoms with Crippen molar-refractivity contribution in [2.45, 2.75) is 32.2 Å². The van der Waals surface area contributed by atoms with Crippen molar-refractivity contribution in [1.29, 1.82) is 0 Å². The number of nitrogens with zero attached hydrogens (tertiary/aromatic N) is 2. The van der Waals surface area contributed by atoms with Crippen LogP contribution in [0.15, 0.2) is 28.8 Å². The number of aromatic nitrogens is 2. The van der Waals surface area contributed by atoms with Crippen molar-refractivity contribution in [2.75, 3.05) is 7.05 Å². The Balaban J connectivity index is 1.88. The number of hydrogen-bond donors (Lipinski definition) is 1. The van der Waals surface area contributed by atoms with E-state index in [-0.39, 0.29) is 0 Å². The van der Waals surface area contributed by atoms with Gasteiger partial charge < -0.3 is 9.84 Å². The monoisotopic (exact) mass is 279 g/mol. The molecule has 19 heavy (non-hydrogen) atoms. The second-order valence-corrected chi connectivity index (χ2v) is 5.06. The molecule has 1 aromatic carbocycles. The van der Waals surface area contributed by atoms with Crippen LogP contribution in [0, 0.1) is 0 Å². The number of likely N-dealkylation sites (N-methyl/N-ethyl adjacent to an activating group) is 1. The number of nitrogens with one attached hydrogen (secondary N) is 1. The Morgan fingerprint density at radius 3 is 2.68 bits per heavy atom. The highest BCUT2D eigenvalue weighted by atomic mass is 35.5. The second kappa shape index (κ2) is 6.68. The van der Waals surface area contributed by atoms with Crippen LogP contribution in [0.1, 0.15) is 24.2 Å². The first-order valence-electron chi connectivity index (χ1n) is 6.40. The van der Waals surface area contributed by atoms with Gasteiger partial charge in [-0.25, -0.2) is 0 Å². The fourth-order valence-electron chi connectivity index (χ4n) is 1.75. The molecule has 0 spiro atoms. The lowest BCUT2D eigenvalue weighted by Crippen LogP contribution is -2.24. The molecular formula is C14H18ClN3O. The van der Waals surface area contributed by atoms with Gasteiger partial charge in [0.1, 0.15) is 0 Å². The minimum absolute atomic E-state index is 0.349. The Morgan fingerprint density at radius 1 is 1.26 bits per heavy atom. The summed E-state index contributed by atoms with van der Waals surface area (Å²) in [5, 5.41) is 7.89. The number of hydrogen-bond acceptors (Lipinski definition) is 4. The molecule has 0 saturated carbocycles. The normalized spacial score (nSPS) is 12.6. The Bertz CT molecular complexity index is 510. The van der Waals surface area contributed by atoms with E-state index in [0.717, 1.165) is 30.1 Å². The number of aryl methyl sites for hydroxylation is 2. The van der Waals surface area contributed by atoms with E-state index in [1.165, 1.54) is 5.56 Å². The maximum absolute atomic E-state index is 5.85. The summed E-state index contributed by atoms with van der Waals surface area (Å²) in [7, 11) is 1.92. The lowest BCUT2D eigenvalue weighted by molar-refractivity contribution is 0.371. The highest BCUT2D eigenvalue weighted by Crippen LogP contribution is 2.11. The van der Waals surface area contributed by atoms with Gasteiger partial charge in [0.05, 0.1) is 0 Å². The quantitative estimate of drug-likeness (QED) is 0.883. The fraction of sp³-hybridized carbons (Fsp3) is 0.429. The second-order valence-electron chi connectivity index (χ2n) is 4.62. The summed E-state index contributed by atoms with van der Waals surface area (Å²) >= 11 is 5.85. The lowest BCUT2D eigenvalue weighted by Gasteiger charge is -2.04. The van der Waals surface area contributed by atoms with E-state index in [2.05, 4.69) is 22.4 Å². The van der Waals surface area contributed by atoms with Crippen LogP contribution in [0.5, 0.6) is 0 Å². The van der Waals surface area contributed by atoms with E-state index < -0.39 is 0 Å². The highest BCUT2D eigenvalue weighted by molar-refractivity contribution is 6.30. The molecule has 4 nitrogen and oxygen atoms in total. The Labute approximate surface area is 118 Å². The van der Waals surface area contributed by atoms with E-state index in [1.54, 1.807) is 0 Å². The van der Waals surface area contributed by atoms with E-state index in [0.29, 0.717) is 11.9 Å². The van der Waals surface area contributed by atoms with Crippen molar-refractivity contribution >= 4 is 11.6 Å². The Hall–Kier alpha value is -1.39. The molecular weight excluding hydrogens is 262 g/mol. The predicted molar refractivity (Wildman–Crippen MR) is 75.4 cm³/mol. The number of halogens is 1. The van der Waals surface area contributed by atoms with Crippen molar-refractivity contribution in [2.24, 2.45) is 0 Å². The summed E-state index contributed by atoms with van der Waals surface area (Å²) in [6.07, 6.45) is 2.41. The molecule has 2 aromatic rings. The van der Waals surface area contributed by atoms with E-state index in [1.807, 2.05) is 31.3 Å². The zero-order chi connectivity index (χ0) is 13.7. The van der Waals surface area contributed by atoms with Crippen LogP contribution in [0.3, 0.4) is 0 Å². The van der Waals surface area contributed by atoms with Crippen LogP contribution >= 0.6 is 11.6 Å². The first-order valence-corrected chi connectivity index (χ1v) is 6.78. The van der Waals surface area contributed by atoms with Gasteiger partial charge in [0.15, 0.2) is 5.82 Å². The molecule has 0 bridgehead atoms. The molecule has 0 fully saturated rings. The summed E-state index contributed by atoms with van der Waals surface area (Å²) < 4.78 is 5.24. The molecule has 0 saturated heterocycles. The van der Waals surface area contributed by atoms with Gasteiger partial charge in [-0.1, -0.05) is 28.9 Å². The maximum Gasteiger partial charge on any atom is 0.226 e. The van der Waals surface area contributed by atoms with E-state index in [9.17, 15) is 0 Å². The van der Waals surface area contributed by atoms with Gasteiger partial charge >= 0.3 is 0 Å². The average Bonchev–Trinajstić information content (AvgIpc) is 2.85. The molecule has 1 aromatic heterocycles. The molecule has 0 aliphatic carbocycles. The van der Waals surface area contributed by atoms with Gasteiger partial charge in [-0.2, -0.15) is 4.98 Å². The van der Waals surface area contributed by atoms with Gasteiger partial charge in [0.2, 0.25) is 5.89 Å². The highest BCUT2D eigenvalue weighted by Gasteiger charge is 2.09. The number of benzene rings is 1. The van der Waals surface area contributed by atoms with Crippen molar-refractivity contribution in [1.82, 2.24) is 15.5 Å². The van der Waals surface area contributed by atoms with E-state index in [4.69, 9.17) is 16.1 Å². The molecule has 1 atom stereocenters. The maximum atomic E-state index is 5.85. The SMILES string of the molecule is CNC(C)Cc1noc(CCc2ccc(Cl)cc2)n1. The molecule has 2 rings (SSSR count). The minimum atomic E-state index is 0.349. The standard InChI is InChI=1S/C14H18ClN3O/c1-10(16-2)9-13-17-14(19-18-13)8-5-11-3-6-12(15)7-4-11/h3-4,6-7,10,16H,5,8-9H2,1-2H3.